The molecule has 2 fully saturated rings. The van der Waals surface area contributed by atoms with Gasteiger partial charge in [0, 0.05) is 47.7 Å². The first-order chi connectivity index (χ1) is 10.5. The van der Waals surface area contributed by atoms with Gasteiger partial charge < -0.3 is 16.0 Å². The molecule has 3 rings (SSSR count). The van der Waals surface area contributed by atoms with Crippen molar-refractivity contribution in [1.82, 2.24) is 5.01 Å². The van der Waals surface area contributed by atoms with E-state index < -0.39 is 0 Å². The number of hydrazine groups is 1. The van der Waals surface area contributed by atoms with E-state index in [1.165, 1.54) is 11.2 Å². The average molecular weight is 322 g/mol. The normalized spacial score (nSPS) is 20.7. The van der Waals surface area contributed by atoms with Crippen LogP contribution in [0.15, 0.2) is 12.1 Å². The van der Waals surface area contributed by atoms with Crippen molar-refractivity contribution in [3.63, 3.8) is 0 Å². The summed E-state index contributed by atoms with van der Waals surface area (Å²) in [4.78, 5) is 13.9. The molecule has 0 bridgehead atoms. The Morgan fingerprint density at radius 2 is 1.95 bits per heavy atom. The lowest BCUT2D eigenvalue weighted by Gasteiger charge is -2.44. The van der Waals surface area contributed by atoms with E-state index >= 15 is 0 Å². The molecular formula is C15H20ClN5O. The monoisotopic (exact) mass is 321 g/mol. The van der Waals surface area contributed by atoms with E-state index in [-0.39, 0.29) is 11.4 Å². The molecular weight excluding hydrogens is 302 g/mol. The fourth-order valence-corrected chi connectivity index (χ4v) is 3.76. The van der Waals surface area contributed by atoms with Crippen molar-refractivity contribution in [2.75, 3.05) is 23.7 Å². The summed E-state index contributed by atoms with van der Waals surface area (Å²) in [5, 5.41) is 9.59. The van der Waals surface area contributed by atoms with Gasteiger partial charge in [-0.3, -0.25) is 9.80 Å². The summed E-state index contributed by atoms with van der Waals surface area (Å²) < 4.78 is 0. The summed E-state index contributed by atoms with van der Waals surface area (Å²) in [5.41, 5.74) is 7.83. The van der Waals surface area contributed by atoms with Crippen LogP contribution in [0.25, 0.3) is 0 Å². The van der Waals surface area contributed by atoms with Crippen molar-refractivity contribution in [2.24, 2.45) is 5.84 Å². The third kappa shape index (κ3) is 2.32. The molecule has 22 heavy (non-hydrogen) atoms. The molecule has 6 nitrogen and oxygen atoms in total. The van der Waals surface area contributed by atoms with Crippen molar-refractivity contribution in [2.45, 2.75) is 31.2 Å². The van der Waals surface area contributed by atoms with Gasteiger partial charge in [0.2, 0.25) is 5.91 Å². The Morgan fingerprint density at radius 3 is 2.50 bits per heavy atom. The number of anilines is 2. The lowest BCUT2D eigenvalue weighted by Crippen LogP contribution is -2.56. The fraction of sp³-hybridized carbons (Fsp3) is 0.467. The third-order valence-corrected chi connectivity index (χ3v) is 5.14. The SMILES string of the molecule is N=Cc1c(N)cc(Cl)cc1N1CCC2(CCC(=O)N2N)CC1. The first-order valence-corrected chi connectivity index (χ1v) is 7.77. The molecule has 2 heterocycles. The van der Waals surface area contributed by atoms with Gasteiger partial charge in [0.1, 0.15) is 0 Å². The van der Waals surface area contributed by atoms with E-state index in [2.05, 4.69) is 4.90 Å². The predicted molar refractivity (Wildman–Crippen MR) is 88.2 cm³/mol. The van der Waals surface area contributed by atoms with E-state index in [0.717, 1.165) is 38.0 Å². The molecule has 2 aliphatic rings. The van der Waals surface area contributed by atoms with Crippen molar-refractivity contribution in [3.05, 3.63) is 22.7 Å². The van der Waals surface area contributed by atoms with E-state index in [9.17, 15) is 4.79 Å². The number of nitrogens with one attached hydrogen (secondary N) is 1. The van der Waals surface area contributed by atoms with Crippen molar-refractivity contribution < 1.29 is 4.79 Å². The van der Waals surface area contributed by atoms with Crippen molar-refractivity contribution in [3.8, 4) is 0 Å². The Morgan fingerprint density at radius 1 is 1.27 bits per heavy atom. The number of nitrogens with zero attached hydrogens (tertiary/aromatic N) is 2. The van der Waals surface area contributed by atoms with Gasteiger partial charge in [0.25, 0.3) is 0 Å². The van der Waals surface area contributed by atoms with Gasteiger partial charge in [-0.05, 0) is 31.4 Å². The Bertz CT molecular complexity index is 625. The first kappa shape index (κ1) is 15.1. The summed E-state index contributed by atoms with van der Waals surface area (Å²) in [6.45, 7) is 1.53. The molecule has 7 heteroatoms. The Hall–Kier alpha value is -1.79. The zero-order chi connectivity index (χ0) is 15.9. The van der Waals surface area contributed by atoms with Gasteiger partial charge in [-0.2, -0.15) is 0 Å². The fourth-order valence-electron chi connectivity index (χ4n) is 3.54. The maximum atomic E-state index is 11.7. The number of halogens is 1. The highest BCUT2D eigenvalue weighted by atomic mass is 35.5. The molecule has 1 aromatic rings. The maximum absolute atomic E-state index is 11.7. The molecule has 5 N–H and O–H groups in total. The van der Waals surface area contributed by atoms with Crippen LogP contribution in [0, 0.1) is 5.41 Å². The standard InChI is InChI=1S/C15H20ClN5O/c16-10-7-12(18)11(9-17)13(8-10)20-5-3-15(4-6-20)2-1-14(22)21(15)19/h7-9,17H,1-6,18-19H2. The molecule has 2 aliphatic heterocycles. The van der Waals surface area contributed by atoms with E-state index in [1.807, 2.05) is 6.07 Å². The number of carbonyl (C=O) groups is 1. The number of rotatable bonds is 2. The molecule has 1 amide bonds. The summed E-state index contributed by atoms with van der Waals surface area (Å²) >= 11 is 6.11. The summed E-state index contributed by atoms with van der Waals surface area (Å²) in [6, 6.07) is 3.50. The van der Waals surface area contributed by atoms with Crippen LogP contribution in [-0.2, 0) is 4.79 Å². The second-order valence-electron chi connectivity index (χ2n) is 6.05. The number of nitrogens with two attached hydrogens (primary N) is 2. The van der Waals surface area contributed by atoms with Crippen LogP contribution in [0.5, 0.6) is 0 Å². The minimum absolute atomic E-state index is 0.0284. The second-order valence-corrected chi connectivity index (χ2v) is 6.48. The van der Waals surface area contributed by atoms with Gasteiger partial charge in [0.05, 0.1) is 5.54 Å². The number of carbonyl (C=O) groups excluding carboxylic acids is 1. The van der Waals surface area contributed by atoms with Gasteiger partial charge in [0.15, 0.2) is 0 Å². The largest absolute Gasteiger partial charge is 0.398 e. The maximum Gasteiger partial charge on any atom is 0.237 e. The highest BCUT2D eigenvalue weighted by Gasteiger charge is 2.45. The van der Waals surface area contributed by atoms with Crippen LogP contribution in [-0.4, -0.2) is 35.8 Å². The molecule has 0 saturated carbocycles. The minimum Gasteiger partial charge on any atom is -0.398 e. The van der Waals surface area contributed by atoms with Crippen LogP contribution in [0.3, 0.4) is 0 Å². The van der Waals surface area contributed by atoms with Crippen molar-refractivity contribution >= 4 is 35.1 Å². The average Bonchev–Trinajstić information content (AvgIpc) is 2.76. The number of nitrogen functional groups attached to an aromatic ring is 1. The van der Waals surface area contributed by atoms with Gasteiger partial charge in [-0.1, -0.05) is 11.6 Å². The van der Waals surface area contributed by atoms with Crippen LogP contribution in [0.4, 0.5) is 11.4 Å². The van der Waals surface area contributed by atoms with E-state index in [1.54, 1.807) is 6.07 Å². The molecule has 1 aromatic carbocycles. The molecule has 1 spiro atoms. The Balaban J connectivity index is 1.83. The van der Waals surface area contributed by atoms with Crippen molar-refractivity contribution in [1.29, 1.82) is 5.41 Å². The number of piperidine rings is 1. The molecule has 0 unspecified atom stereocenters. The van der Waals surface area contributed by atoms with E-state index in [0.29, 0.717) is 22.7 Å². The van der Waals surface area contributed by atoms with Crippen LogP contribution in [0.2, 0.25) is 5.02 Å². The lowest BCUT2D eigenvalue weighted by atomic mass is 9.85. The first-order valence-electron chi connectivity index (χ1n) is 7.39. The molecule has 0 aromatic heterocycles. The topological polar surface area (TPSA) is 99.4 Å². The molecule has 0 atom stereocenters. The van der Waals surface area contributed by atoms with Crippen LogP contribution < -0.4 is 16.5 Å². The lowest BCUT2D eigenvalue weighted by molar-refractivity contribution is -0.132. The van der Waals surface area contributed by atoms with Crippen LogP contribution >= 0.6 is 11.6 Å². The minimum atomic E-state index is -0.206. The predicted octanol–water partition coefficient (Wildman–Crippen LogP) is 1.75. The zero-order valence-corrected chi connectivity index (χ0v) is 13.1. The summed E-state index contributed by atoms with van der Waals surface area (Å²) in [5.74, 6) is 5.99. The molecule has 0 radical (unpaired) electrons. The van der Waals surface area contributed by atoms with Crippen LogP contribution in [0.1, 0.15) is 31.2 Å². The number of hydrogen-bond donors (Lipinski definition) is 3. The number of amides is 1. The number of hydrogen-bond acceptors (Lipinski definition) is 5. The quantitative estimate of drug-likeness (QED) is 0.334. The van der Waals surface area contributed by atoms with Gasteiger partial charge >= 0.3 is 0 Å². The highest BCUT2D eigenvalue weighted by molar-refractivity contribution is 6.31. The summed E-state index contributed by atoms with van der Waals surface area (Å²) in [7, 11) is 0. The number of benzene rings is 1. The van der Waals surface area contributed by atoms with E-state index in [4.69, 9.17) is 28.6 Å². The Kier molecular flexibility index (Phi) is 3.74. The summed E-state index contributed by atoms with van der Waals surface area (Å²) in [6.07, 6.45) is 4.26. The third-order valence-electron chi connectivity index (χ3n) is 4.92. The zero-order valence-electron chi connectivity index (χ0n) is 12.3. The Labute approximate surface area is 134 Å². The second kappa shape index (κ2) is 5.44. The molecule has 2 saturated heterocycles. The highest BCUT2D eigenvalue weighted by Crippen LogP contribution is 2.39. The smallest absolute Gasteiger partial charge is 0.237 e. The molecule has 118 valence electrons. The van der Waals surface area contributed by atoms with Gasteiger partial charge in [-0.15, -0.1) is 0 Å². The van der Waals surface area contributed by atoms with Gasteiger partial charge in [-0.25, -0.2) is 5.84 Å². The molecule has 0 aliphatic carbocycles.